The average molecular weight is 290 g/mol. The van der Waals surface area contributed by atoms with E-state index in [4.69, 9.17) is 9.47 Å². The fourth-order valence-electron chi connectivity index (χ4n) is 1.99. The van der Waals surface area contributed by atoms with Gasteiger partial charge in [0.05, 0.1) is 6.61 Å². The molecule has 0 aliphatic heterocycles. The van der Waals surface area contributed by atoms with Crippen LogP contribution in [0.4, 0.5) is 0 Å². The van der Waals surface area contributed by atoms with Gasteiger partial charge in [-0.1, -0.05) is 24.3 Å². The molecule has 0 aliphatic rings. The third kappa shape index (κ3) is 3.93. The number of carboxylic acid groups (broad SMARTS) is 1. The van der Waals surface area contributed by atoms with Gasteiger partial charge in [-0.25, -0.2) is 4.79 Å². The molecule has 0 saturated heterocycles. The first-order chi connectivity index (χ1) is 10.1. The number of hydrogen-bond acceptors (Lipinski definition) is 4. The molecule has 0 heterocycles. The molecule has 2 aromatic rings. The van der Waals surface area contributed by atoms with E-state index in [0.29, 0.717) is 6.61 Å². The smallest absolute Gasteiger partial charge is 0.339 e. The summed E-state index contributed by atoms with van der Waals surface area (Å²) < 4.78 is 10.5. The third-order valence-electron chi connectivity index (χ3n) is 3.02. The van der Waals surface area contributed by atoms with E-state index < -0.39 is 12.1 Å². The molecule has 0 amide bonds. The highest BCUT2D eigenvalue weighted by Gasteiger charge is 2.14. The highest BCUT2D eigenvalue weighted by Crippen LogP contribution is 2.26. The zero-order valence-electron chi connectivity index (χ0n) is 11.8. The standard InChI is InChI=1S/C16H18O5/c1-2-20-9-13(17)10-21-15-8-12-6-4-3-5-11(12)7-14(15)16(18)19/h3-8,13,17H,2,9-10H2,1H3,(H,18,19). The highest BCUT2D eigenvalue weighted by atomic mass is 16.5. The van der Waals surface area contributed by atoms with Crippen LogP contribution in [0.25, 0.3) is 10.8 Å². The summed E-state index contributed by atoms with van der Waals surface area (Å²) in [4.78, 5) is 11.3. The van der Waals surface area contributed by atoms with Crippen molar-refractivity contribution in [1.82, 2.24) is 0 Å². The van der Waals surface area contributed by atoms with Crippen molar-refractivity contribution in [2.75, 3.05) is 19.8 Å². The number of aromatic carboxylic acids is 1. The Morgan fingerprint density at radius 1 is 1.19 bits per heavy atom. The molecule has 1 unspecified atom stereocenters. The lowest BCUT2D eigenvalue weighted by molar-refractivity contribution is 0.0161. The first-order valence-corrected chi connectivity index (χ1v) is 6.76. The molecule has 5 heteroatoms. The number of hydrogen-bond donors (Lipinski definition) is 2. The van der Waals surface area contributed by atoms with Crippen molar-refractivity contribution >= 4 is 16.7 Å². The van der Waals surface area contributed by atoms with Gasteiger partial charge in [-0.2, -0.15) is 0 Å². The number of ether oxygens (including phenoxy) is 2. The van der Waals surface area contributed by atoms with Crippen molar-refractivity contribution in [3.63, 3.8) is 0 Å². The number of carbonyl (C=O) groups is 1. The Bertz CT molecular complexity index is 623. The number of aliphatic hydroxyl groups excluding tert-OH is 1. The van der Waals surface area contributed by atoms with Gasteiger partial charge in [0.1, 0.15) is 24.0 Å². The number of carboxylic acids is 1. The molecule has 0 radical (unpaired) electrons. The second-order valence-electron chi connectivity index (χ2n) is 4.62. The van der Waals surface area contributed by atoms with Crippen molar-refractivity contribution in [2.24, 2.45) is 0 Å². The number of benzene rings is 2. The van der Waals surface area contributed by atoms with E-state index in [1.54, 1.807) is 12.1 Å². The van der Waals surface area contributed by atoms with Crippen LogP contribution < -0.4 is 4.74 Å². The van der Waals surface area contributed by atoms with E-state index in [1.165, 1.54) is 0 Å². The Hall–Kier alpha value is -2.11. The first-order valence-electron chi connectivity index (χ1n) is 6.76. The van der Waals surface area contributed by atoms with Gasteiger partial charge in [0, 0.05) is 6.61 Å². The maximum absolute atomic E-state index is 11.3. The Labute approximate surface area is 122 Å². The molecule has 0 aromatic heterocycles. The quantitative estimate of drug-likeness (QED) is 0.818. The largest absolute Gasteiger partial charge is 0.490 e. The van der Waals surface area contributed by atoms with Crippen molar-refractivity contribution < 1.29 is 24.5 Å². The molecule has 0 saturated carbocycles. The maximum atomic E-state index is 11.3. The summed E-state index contributed by atoms with van der Waals surface area (Å²) in [7, 11) is 0. The molecular weight excluding hydrogens is 272 g/mol. The summed E-state index contributed by atoms with van der Waals surface area (Å²) in [6.07, 6.45) is -0.793. The molecule has 112 valence electrons. The minimum absolute atomic E-state index is 0.0153. The third-order valence-corrected chi connectivity index (χ3v) is 3.02. The van der Waals surface area contributed by atoms with E-state index in [0.717, 1.165) is 10.8 Å². The Kier molecular flexibility index (Phi) is 5.14. The Morgan fingerprint density at radius 3 is 2.48 bits per heavy atom. The number of rotatable bonds is 7. The van der Waals surface area contributed by atoms with Crippen LogP contribution in [0.5, 0.6) is 5.75 Å². The number of fused-ring (bicyclic) bond motifs is 1. The zero-order chi connectivity index (χ0) is 15.2. The van der Waals surface area contributed by atoms with Crippen molar-refractivity contribution in [3.8, 4) is 5.75 Å². The zero-order valence-corrected chi connectivity index (χ0v) is 11.8. The summed E-state index contributed by atoms with van der Waals surface area (Å²) in [5.74, 6) is -0.813. The van der Waals surface area contributed by atoms with Crippen LogP contribution in [0.1, 0.15) is 17.3 Å². The van der Waals surface area contributed by atoms with Crippen LogP contribution in [0.2, 0.25) is 0 Å². The Morgan fingerprint density at radius 2 is 1.86 bits per heavy atom. The summed E-state index contributed by atoms with van der Waals surface area (Å²) in [6.45, 7) is 2.48. The fraction of sp³-hybridized carbons (Fsp3) is 0.312. The molecule has 2 aromatic carbocycles. The molecule has 0 spiro atoms. The van der Waals surface area contributed by atoms with E-state index >= 15 is 0 Å². The van der Waals surface area contributed by atoms with Gasteiger partial charge < -0.3 is 19.7 Å². The minimum Gasteiger partial charge on any atom is -0.490 e. The van der Waals surface area contributed by atoms with Gasteiger partial charge in [-0.3, -0.25) is 0 Å². The molecule has 0 aliphatic carbocycles. The fourth-order valence-corrected chi connectivity index (χ4v) is 1.99. The molecule has 2 N–H and O–H groups in total. The van der Waals surface area contributed by atoms with Crippen LogP contribution >= 0.6 is 0 Å². The van der Waals surface area contributed by atoms with Gasteiger partial charge in [-0.15, -0.1) is 0 Å². The second-order valence-corrected chi connectivity index (χ2v) is 4.62. The van der Waals surface area contributed by atoms with E-state index in [2.05, 4.69) is 0 Å². The van der Waals surface area contributed by atoms with E-state index in [1.807, 2.05) is 31.2 Å². The normalized spacial score (nSPS) is 12.3. The summed E-state index contributed by atoms with van der Waals surface area (Å²) in [5.41, 5.74) is 0.0808. The maximum Gasteiger partial charge on any atom is 0.339 e. The predicted octanol–water partition coefficient (Wildman–Crippen LogP) is 2.31. The SMILES string of the molecule is CCOCC(O)COc1cc2ccccc2cc1C(=O)O. The summed E-state index contributed by atoms with van der Waals surface area (Å²) >= 11 is 0. The number of aliphatic hydroxyl groups is 1. The lowest BCUT2D eigenvalue weighted by Crippen LogP contribution is -2.24. The first kappa shape index (κ1) is 15.3. The highest BCUT2D eigenvalue weighted by molar-refractivity contribution is 5.97. The van der Waals surface area contributed by atoms with E-state index in [-0.39, 0.29) is 24.5 Å². The Balaban J connectivity index is 2.20. The molecule has 0 bridgehead atoms. The van der Waals surface area contributed by atoms with Gasteiger partial charge in [0.25, 0.3) is 0 Å². The molecule has 21 heavy (non-hydrogen) atoms. The van der Waals surface area contributed by atoms with Crippen LogP contribution in [-0.4, -0.2) is 42.1 Å². The van der Waals surface area contributed by atoms with Crippen molar-refractivity contribution in [3.05, 3.63) is 42.0 Å². The molecule has 0 fully saturated rings. The van der Waals surface area contributed by atoms with Crippen LogP contribution in [0.15, 0.2) is 36.4 Å². The van der Waals surface area contributed by atoms with E-state index in [9.17, 15) is 15.0 Å². The lowest BCUT2D eigenvalue weighted by atomic mass is 10.1. The van der Waals surface area contributed by atoms with Crippen molar-refractivity contribution in [1.29, 1.82) is 0 Å². The topological polar surface area (TPSA) is 76.0 Å². The molecule has 2 rings (SSSR count). The average Bonchev–Trinajstić information content (AvgIpc) is 2.49. The van der Waals surface area contributed by atoms with Gasteiger partial charge in [0.2, 0.25) is 0 Å². The van der Waals surface area contributed by atoms with Crippen LogP contribution in [0, 0.1) is 0 Å². The lowest BCUT2D eigenvalue weighted by Gasteiger charge is -2.14. The minimum atomic E-state index is -1.06. The summed E-state index contributed by atoms with van der Waals surface area (Å²) in [6, 6.07) is 10.7. The van der Waals surface area contributed by atoms with Gasteiger partial charge in [0.15, 0.2) is 0 Å². The predicted molar refractivity (Wildman–Crippen MR) is 78.9 cm³/mol. The van der Waals surface area contributed by atoms with Crippen LogP contribution in [0.3, 0.4) is 0 Å². The summed E-state index contributed by atoms with van der Waals surface area (Å²) in [5, 5.41) is 20.7. The van der Waals surface area contributed by atoms with Crippen LogP contribution in [-0.2, 0) is 4.74 Å². The molecule has 5 nitrogen and oxygen atoms in total. The second kappa shape index (κ2) is 7.06. The van der Waals surface area contributed by atoms with Gasteiger partial charge >= 0.3 is 5.97 Å². The monoisotopic (exact) mass is 290 g/mol. The molecular formula is C16H18O5. The molecule has 1 atom stereocenters. The van der Waals surface area contributed by atoms with Gasteiger partial charge in [-0.05, 0) is 29.8 Å². The van der Waals surface area contributed by atoms with Crippen molar-refractivity contribution in [2.45, 2.75) is 13.0 Å².